The highest BCUT2D eigenvalue weighted by Gasteiger charge is 2.28. The zero-order chi connectivity index (χ0) is 23.5. The molecule has 1 saturated heterocycles. The molecule has 2 aliphatic heterocycles. The molecule has 1 unspecified atom stereocenters. The highest BCUT2D eigenvalue weighted by Crippen LogP contribution is 2.25. The zero-order valence-electron chi connectivity index (χ0n) is 19.4. The van der Waals surface area contributed by atoms with Gasteiger partial charge < -0.3 is 14.3 Å². The van der Waals surface area contributed by atoms with Crippen molar-refractivity contribution in [1.29, 1.82) is 0 Å². The first-order valence-electron chi connectivity index (χ1n) is 11.8. The summed E-state index contributed by atoms with van der Waals surface area (Å²) in [6.45, 7) is 6.21. The summed E-state index contributed by atoms with van der Waals surface area (Å²) in [5.74, 6) is 1.30. The van der Waals surface area contributed by atoms with E-state index in [-0.39, 0.29) is 30.7 Å². The predicted molar refractivity (Wildman–Crippen MR) is 129 cm³/mol. The molecule has 1 atom stereocenters. The van der Waals surface area contributed by atoms with E-state index in [2.05, 4.69) is 33.4 Å². The highest BCUT2D eigenvalue weighted by atomic mass is 32.1. The Bertz CT molecular complexity index is 1140. The van der Waals surface area contributed by atoms with E-state index < -0.39 is 0 Å². The SMILES string of the molecule is CC(c1nc(-c2ccccc2)no1)N1CCN(C(=O)CCC(=O)N2CCc3sccc3C2)CC1. The van der Waals surface area contributed by atoms with Crippen LogP contribution in [0.25, 0.3) is 11.4 Å². The largest absolute Gasteiger partial charge is 0.340 e. The number of fused-ring (bicyclic) bond motifs is 1. The van der Waals surface area contributed by atoms with E-state index in [0.717, 1.165) is 31.6 Å². The molecule has 34 heavy (non-hydrogen) atoms. The average Bonchev–Trinajstić information content (AvgIpc) is 3.57. The number of aromatic nitrogens is 2. The lowest BCUT2D eigenvalue weighted by atomic mass is 10.1. The van der Waals surface area contributed by atoms with Crippen LogP contribution in [0.4, 0.5) is 0 Å². The van der Waals surface area contributed by atoms with Crippen LogP contribution in [-0.4, -0.2) is 69.4 Å². The van der Waals surface area contributed by atoms with E-state index in [0.29, 0.717) is 31.3 Å². The lowest BCUT2D eigenvalue weighted by Crippen LogP contribution is -2.49. The van der Waals surface area contributed by atoms with Crippen molar-refractivity contribution in [3.8, 4) is 11.4 Å². The molecule has 0 bridgehead atoms. The maximum atomic E-state index is 12.7. The molecule has 4 heterocycles. The number of carbonyl (C=O) groups excluding carboxylic acids is 2. The summed E-state index contributed by atoms with van der Waals surface area (Å²) in [5.41, 5.74) is 2.17. The van der Waals surface area contributed by atoms with Crippen molar-refractivity contribution in [3.63, 3.8) is 0 Å². The smallest absolute Gasteiger partial charge is 0.244 e. The number of nitrogens with zero attached hydrogens (tertiary/aromatic N) is 5. The molecule has 0 N–H and O–H groups in total. The van der Waals surface area contributed by atoms with E-state index >= 15 is 0 Å². The van der Waals surface area contributed by atoms with Gasteiger partial charge in [0.15, 0.2) is 0 Å². The summed E-state index contributed by atoms with van der Waals surface area (Å²) in [6.07, 6.45) is 1.46. The maximum Gasteiger partial charge on any atom is 0.244 e. The lowest BCUT2D eigenvalue weighted by molar-refractivity contribution is -0.138. The van der Waals surface area contributed by atoms with E-state index in [1.54, 1.807) is 11.3 Å². The van der Waals surface area contributed by atoms with Crippen molar-refractivity contribution in [2.75, 3.05) is 32.7 Å². The first-order valence-corrected chi connectivity index (χ1v) is 12.7. The monoisotopic (exact) mass is 479 g/mol. The summed E-state index contributed by atoms with van der Waals surface area (Å²) >= 11 is 1.76. The lowest BCUT2D eigenvalue weighted by Gasteiger charge is -2.37. The van der Waals surface area contributed by atoms with Gasteiger partial charge in [0, 0.05) is 62.6 Å². The topological polar surface area (TPSA) is 82.8 Å². The summed E-state index contributed by atoms with van der Waals surface area (Å²) in [6, 6.07) is 11.8. The third-order valence-corrected chi connectivity index (χ3v) is 7.78. The molecular weight excluding hydrogens is 450 g/mol. The van der Waals surface area contributed by atoms with Crippen LogP contribution >= 0.6 is 11.3 Å². The highest BCUT2D eigenvalue weighted by molar-refractivity contribution is 7.10. The van der Waals surface area contributed by atoms with Crippen molar-refractivity contribution < 1.29 is 14.1 Å². The van der Waals surface area contributed by atoms with Crippen molar-refractivity contribution in [2.24, 2.45) is 0 Å². The third-order valence-electron chi connectivity index (χ3n) is 6.76. The van der Waals surface area contributed by atoms with E-state index in [1.807, 2.05) is 40.1 Å². The fourth-order valence-electron chi connectivity index (χ4n) is 4.62. The Balaban J connectivity index is 1.08. The summed E-state index contributed by atoms with van der Waals surface area (Å²) in [4.78, 5) is 37.4. The Morgan fingerprint density at radius 3 is 2.50 bits per heavy atom. The zero-order valence-corrected chi connectivity index (χ0v) is 20.2. The van der Waals surface area contributed by atoms with Crippen LogP contribution in [0, 0.1) is 0 Å². The Hall–Kier alpha value is -3.04. The molecule has 9 heteroatoms. The van der Waals surface area contributed by atoms with Gasteiger partial charge in [0.25, 0.3) is 0 Å². The van der Waals surface area contributed by atoms with Crippen molar-refractivity contribution in [3.05, 3.63) is 58.1 Å². The third kappa shape index (κ3) is 4.90. The van der Waals surface area contributed by atoms with Crippen LogP contribution in [0.2, 0.25) is 0 Å². The number of amides is 2. The number of hydrogen-bond acceptors (Lipinski definition) is 7. The quantitative estimate of drug-likeness (QED) is 0.539. The number of hydrogen-bond donors (Lipinski definition) is 0. The van der Waals surface area contributed by atoms with Crippen LogP contribution < -0.4 is 0 Å². The van der Waals surface area contributed by atoms with Crippen LogP contribution in [0.3, 0.4) is 0 Å². The second-order valence-corrected chi connectivity index (χ2v) is 9.85. The van der Waals surface area contributed by atoms with E-state index in [1.165, 1.54) is 10.4 Å². The molecule has 3 aromatic rings. The summed E-state index contributed by atoms with van der Waals surface area (Å²) < 4.78 is 5.52. The molecular formula is C25H29N5O3S. The van der Waals surface area contributed by atoms with Gasteiger partial charge >= 0.3 is 0 Å². The first-order chi connectivity index (χ1) is 16.6. The molecule has 0 saturated carbocycles. The van der Waals surface area contributed by atoms with Gasteiger partial charge in [-0.05, 0) is 30.4 Å². The van der Waals surface area contributed by atoms with Crippen LogP contribution in [0.1, 0.15) is 42.1 Å². The van der Waals surface area contributed by atoms with Gasteiger partial charge in [0.2, 0.25) is 23.5 Å². The predicted octanol–water partition coefficient (Wildman–Crippen LogP) is 3.37. The molecule has 2 aromatic heterocycles. The van der Waals surface area contributed by atoms with Crippen LogP contribution in [0.15, 0.2) is 46.3 Å². The van der Waals surface area contributed by atoms with E-state index in [4.69, 9.17) is 4.52 Å². The summed E-state index contributed by atoms with van der Waals surface area (Å²) in [5, 5.41) is 6.21. The molecule has 2 amide bonds. The minimum Gasteiger partial charge on any atom is -0.340 e. The molecule has 1 fully saturated rings. The molecule has 178 valence electrons. The maximum absolute atomic E-state index is 12.7. The van der Waals surface area contributed by atoms with Crippen LogP contribution in [-0.2, 0) is 22.6 Å². The number of piperazine rings is 1. The number of rotatable bonds is 6. The minimum absolute atomic E-state index is 0.0233. The summed E-state index contributed by atoms with van der Waals surface area (Å²) in [7, 11) is 0. The van der Waals surface area contributed by atoms with Gasteiger partial charge in [0.1, 0.15) is 0 Å². The molecule has 8 nitrogen and oxygen atoms in total. The van der Waals surface area contributed by atoms with Crippen LogP contribution in [0.5, 0.6) is 0 Å². The van der Waals surface area contributed by atoms with Gasteiger partial charge in [-0.2, -0.15) is 4.98 Å². The Morgan fingerprint density at radius 1 is 1.00 bits per heavy atom. The van der Waals surface area contributed by atoms with Gasteiger partial charge in [-0.15, -0.1) is 11.3 Å². The Labute approximate surface area is 203 Å². The van der Waals surface area contributed by atoms with Gasteiger partial charge in [-0.25, -0.2) is 0 Å². The second kappa shape index (κ2) is 10.1. The van der Waals surface area contributed by atoms with E-state index in [9.17, 15) is 9.59 Å². The van der Waals surface area contributed by atoms with Gasteiger partial charge in [-0.3, -0.25) is 14.5 Å². The number of thiophene rings is 1. The molecule has 0 radical (unpaired) electrons. The number of carbonyl (C=O) groups is 2. The van der Waals surface area contributed by atoms with Crippen molar-refractivity contribution >= 4 is 23.2 Å². The molecule has 0 aliphatic carbocycles. The standard InChI is InChI=1S/C25H29N5O3S/c1-18(25-26-24(27-33-25)19-5-3-2-4-6-19)28-12-14-29(15-13-28)22(31)7-8-23(32)30-11-9-21-20(17-30)10-16-34-21/h2-6,10,16,18H,7-9,11-15,17H2,1H3. The number of benzene rings is 1. The Kier molecular flexibility index (Phi) is 6.73. The van der Waals surface area contributed by atoms with Gasteiger partial charge in [0.05, 0.1) is 6.04 Å². The Morgan fingerprint density at radius 2 is 1.74 bits per heavy atom. The average molecular weight is 480 g/mol. The first kappa shape index (κ1) is 22.7. The minimum atomic E-state index is -0.0233. The molecule has 5 rings (SSSR count). The van der Waals surface area contributed by atoms with Crippen molar-refractivity contribution in [1.82, 2.24) is 24.8 Å². The fraction of sp³-hybridized carbons (Fsp3) is 0.440. The fourth-order valence-corrected chi connectivity index (χ4v) is 5.51. The molecule has 0 spiro atoms. The van der Waals surface area contributed by atoms with Crippen molar-refractivity contribution in [2.45, 2.75) is 38.8 Å². The molecule has 2 aliphatic rings. The molecule has 1 aromatic carbocycles. The van der Waals surface area contributed by atoms with Gasteiger partial charge in [-0.1, -0.05) is 35.5 Å². The normalized spacial score (nSPS) is 17.4. The second-order valence-electron chi connectivity index (χ2n) is 8.85.